The lowest BCUT2D eigenvalue weighted by Crippen LogP contribution is -2.33. The fraction of sp³-hybridized carbons (Fsp3) is 1.00. The Morgan fingerprint density at radius 2 is 2.17 bits per heavy atom. The zero-order valence-electron chi connectivity index (χ0n) is 8.22. The average molecular weight is 190 g/mol. The van der Waals surface area contributed by atoms with Gasteiger partial charge in [-0.2, -0.15) is 0 Å². The van der Waals surface area contributed by atoms with Crippen LogP contribution in [0.3, 0.4) is 0 Å². The van der Waals surface area contributed by atoms with Crippen LogP contribution in [-0.4, -0.2) is 29.4 Å². The van der Waals surface area contributed by atoms with Crippen LogP contribution in [-0.2, 0) is 0 Å². The Morgan fingerprint density at radius 3 is 2.83 bits per heavy atom. The van der Waals surface area contributed by atoms with Gasteiger partial charge in [-0.25, -0.2) is 0 Å². The first-order valence-corrected chi connectivity index (χ1v) is 5.55. The summed E-state index contributed by atoms with van der Waals surface area (Å²) in [6, 6.07) is 0.743. The number of hydrogen-bond donors (Lipinski definition) is 0. The lowest BCUT2D eigenvalue weighted by molar-refractivity contribution is 0.212. The quantitative estimate of drug-likeness (QED) is 0.604. The van der Waals surface area contributed by atoms with Crippen LogP contribution in [0.15, 0.2) is 0 Å². The fourth-order valence-corrected chi connectivity index (χ4v) is 2.03. The van der Waals surface area contributed by atoms with Crippen LogP contribution < -0.4 is 0 Å². The van der Waals surface area contributed by atoms with E-state index in [1.54, 1.807) is 0 Å². The van der Waals surface area contributed by atoms with Crippen molar-refractivity contribution in [2.24, 2.45) is 0 Å². The van der Waals surface area contributed by atoms with Crippen LogP contribution in [0.2, 0.25) is 0 Å². The minimum atomic E-state index is 0.430. The molecule has 0 radical (unpaired) electrons. The van der Waals surface area contributed by atoms with Crippen molar-refractivity contribution in [3.8, 4) is 0 Å². The van der Waals surface area contributed by atoms with Gasteiger partial charge in [0.2, 0.25) is 0 Å². The molecule has 1 nitrogen and oxygen atoms in total. The minimum absolute atomic E-state index is 0.430. The number of likely N-dealkylation sites (tertiary alicyclic amines) is 1. The van der Waals surface area contributed by atoms with E-state index in [4.69, 9.17) is 11.6 Å². The Labute approximate surface area is 81.1 Å². The highest BCUT2D eigenvalue weighted by Crippen LogP contribution is 2.18. The number of rotatable bonds is 2. The van der Waals surface area contributed by atoms with Gasteiger partial charge in [-0.15, -0.1) is 11.6 Å². The maximum atomic E-state index is 6.11. The van der Waals surface area contributed by atoms with Gasteiger partial charge in [0.15, 0.2) is 0 Å². The molecule has 1 heterocycles. The van der Waals surface area contributed by atoms with Gasteiger partial charge in [-0.1, -0.05) is 6.92 Å². The van der Waals surface area contributed by atoms with Gasteiger partial charge in [0.1, 0.15) is 0 Å². The molecule has 2 unspecified atom stereocenters. The number of halogens is 1. The Balaban J connectivity index is 2.35. The van der Waals surface area contributed by atoms with Crippen LogP contribution in [0.1, 0.15) is 39.5 Å². The summed E-state index contributed by atoms with van der Waals surface area (Å²) in [5.74, 6) is 0. The van der Waals surface area contributed by atoms with Crippen molar-refractivity contribution in [3.63, 3.8) is 0 Å². The summed E-state index contributed by atoms with van der Waals surface area (Å²) < 4.78 is 0. The zero-order valence-corrected chi connectivity index (χ0v) is 8.98. The van der Waals surface area contributed by atoms with Gasteiger partial charge < -0.3 is 4.90 Å². The van der Waals surface area contributed by atoms with Crippen LogP contribution in [0, 0.1) is 0 Å². The van der Waals surface area contributed by atoms with Gasteiger partial charge in [-0.05, 0) is 45.7 Å². The Morgan fingerprint density at radius 1 is 1.42 bits per heavy atom. The van der Waals surface area contributed by atoms with Crippen molar-refractivity contribution in [1.82, 2.24) is 4.90 Å². The molecule has 1 aliphatic rings. The molecule has 0 aromatic rings. The SMILES string of the molecule is CCC(C)N1CCCC(Cl)CC1. The average Bonchev–Trinajstić information content (AvgIpc) is 2.29. The highest BCUT2D eigenvalue weighted by atomic mass is 35.5. The predicted molar refractivity (Wildman–Crippen MR) is 54.8 cm³/mol. The molecule has 12 heavy (non-hydrogen) atoms. The second-order valence-corrected chi connectivity index (χ2v) is 4.44. The van der Waals surface area contributed by atoms with Gasteiger partial charge in [0.05, 0.1) is 0 Å². The van der Waals surface area contributed by atoms with Crippen molar-refractivity contribution in [3.05, 3.63) is 0 Å². The second kappa shape index (κ2) is 5.08. The molecule has 1 rings (SSSR count). The Hall–Kier alpha value is 0.250. The molecule has 0 amide bonds. The molecule has 1 aliphatic heterocycles. The topological polar surface area (TPSA) is 3.24 Å². The summed E-state index contributed by atoms with van der Waals surface area (Å²) in [5, 5.41) is 0.430. The summed E-state index contributed by atoms with van der Waals surface area (Å²) in [7, 11) is 0. The molecular formula is C10H20ClN. The van der Waals surface area contributed by atoms with E-state index in [0.29, 0.717) is 5.38 Å². The largest absolute Gasteiger partial charge is 0.301 e. The van der Waals surface area contributed by atoms with E-state index in [1.165, 1.54) is 38.8 Å². The summed E-state index contributed by atoms with van der Waals surface area (Å²) in [6.45, 7) is 7.02. The Bertz CT molecular complexity index is 127. The molecule has 2 atom stereocenters. The second-order valence-electron chi connectivity index (χ2n) is 3.82. The number of hydrogen-bond acceptors (Lipinski definition) is 1. The third-order valence-corrected chi connectivity index (χ3v) is 3.34. The molecular weight excluding hydrogens is 170 g/mol. The van der Waals surface area contributed by atoms with Crippen LogP contribution in [0.4, 0.5) is 0 Å². The molecule has 0 bridgehead atoms. The number of alkyl halides is 1. The first kappa shape index (κ1) is 10.3. The van der Waals surface area contributed by atoms with Crippen molar-refractivity contribution in [2.45, 2.75) is 50.9 Å². The molecule has 0 spiro atoms. The molecule has 0 aliphatic carbocycles. The van der Waals surface area contributed by atoms with Crippen molar-refractivity contribution < 1.29 is 0 Å². The molecule has 2 heteroatoms. The zero-order chi connectivity index (χ0) is 8.97. The summed E-state index contributed by atoms with van der Waals surface area (Å²) in [6.07, 6.45) is 4.91. The van der Waals surface area contributed by atoms with Gasteiger partial charge in [0, 0.05) is 11.4 Å². The molecule has 1 fully saturated rings. The molecule has 0 aromatic heterocycles. The third kappa shape index (κ3) is 2.95. The van der Waals surface area contributed by atoms with E-state index in [1.807, 2.05) is 0 Å². The maximum absolute atomic E-state index is 6.11. The molecule has 1 saturated heterocycles. The molecule has 0 saturated carbocycles. The normalized spacial score (nSPS) is 29.8. The van der Waals surface area contributed by atoms with Crippen molar-refractivity contribution >= 4 is 11.6 Å². The smallest absolute Gasteiger partial charge is 0.0348 e. The fourth-order valence-electron chi connectivity index (χ4n) is 1.78. The van der Waals surface area contributed by atoms with E-state index in [2.05, 4.69) is 18.7 Å². The van der Waals surface area contributed by atoms with E-state index in [9.17, 15) is 0 Å². The maximum Gasteiger partial charge on any atom is 0.0348 e. The van der Waals surface area contributed by atoms with E-state index in [0.717, 1.165) is 6.04 Å². The summed E-state index contributed by atoms with van der Waals surface area (Å²) in [4.78, 5) is 2.57. The van der Waals surface area contributed by atoms with Crippen LogP contribution in [0.25, 0.3) is 0 Å². The molecule has 0 N–H and O–H groups in total. The van der Waals surface area contributed by atoms with Gasteiger partial charge in [0.25, 0.3) is 0 Å². The third-order valence-electron chi connectivity index (χ3n) is 2.91. The summed E-state index contributed by atoms with van der Waals surface area (Å²) >= 11 is 6.11. The highest BCUT2D eigenvalue weighted by Gasteiger charge is 2.17. The molecule has 72 valence electrons. The first-order valence-electron chi connectivity index (χ1n) is 5.12. The van der Waals surface area contributed by atoms with Crippen LogP contribution >= 0.6 is 11.6 Å². The monoisotopic (exact) mass is 189 g/mol. The molecule has 0 aromatic carbocycles. The summed E-state index contributed by atoms with van der Waals surface area (Å²) in [5.41, 5.74) is 0. The van der Waals surface area contributed by atoms with Crippen molar-refractivity contribution in [2.75, 3.05) is 13.1 Å². The lowest BCUT2D eigenvalue weighted by Gasteiger charge is -2.26. The Kier molecular flexibility index (Phi) is 4.38. The van der Waals surface area contributed by atoms with E-state index in [-0.39, 0.29) is 0 Å². The lowest BCUT2D eigenvalue weighted by atomic mass is 10.2. The van der Waals surface area contributed by atoms with Crippen molar-refractivity contribution in [1.29, 1.82) is 0 Å². The van der Waals surface area contributed by atoms with Gasteiger partial charge >= 0.3 is 0 Å². The predicted octanol–water partition coefficient (Wildman–Crippen LogP) is 2.88. The first-order chi connectivity index (χ1) is 5.74. The minimum Gasteiger partial charge on any atom is -0.301 e. The highest BCUT2D eigenvalue weighted by molar-refractivity contribution is 6.20. The van der Waals surface area contributed by atoms with Gasteiger partial charge in [-0.3, -0.25) is 0 Å². The van der Waals surface area contributed by atoms with Crippen LogP contribution in [0.5, 0.6) is 0 Å². The van der Waals surface area contributed by atoms with E-state index < -0.39 is 0 Å². The van der Waals surface area contributed by atoms with E-state index >= 15 is 0 Å². The number of nitrogens with zero attached hydrogens (tertiary/aromatic N) is 1. The standard InChI is InChI=1S/C10H20ClN/c1-3-9(2)12-7-4-5-10(11)6-8-12/h9-10H,3-8H2,1-2H3.